The van der Waals surface area contributed by atoms with Crippen molar-refractivity contribution in [1.29, 1.82) is 0 Å². The van der Waals surface area contributed by atoms with Crippen molar-refractivity contribution in [2.45, 2.75) is 50.0 Å². The van der Waals surface area contributed by atoms with Crippen LogP contribution in [0.15, 0.2) is 41.7 Å². The molecule has 2 atom stereocenters. The third-order valence-electron chi connectivity index (χ3n) is 6.25. The summed E-state index contributed by atoms with van der Waals surface area (Å²) in [4.78, 5) is 37.1. The number of likely N-dealkylation sites (tertiary alicyclic amines) is 1. The van der Waals surface area contributed by atoms with Crippen LogP contribution in [0.5, 0.6) is 0 Å². The van der Waals surface area contributed by atoms with Crippen molar-refractivity contribution >= 4 is 5.91 Å². The number of carbonyl (C=O) groups excluding carboxylic acids is 1. The maximum atomic E-state index is 12.7. The van der Waals surface area contributed by atoms with Crippen LogP contribution >= 0.6 is 0 Å². The molecular formula is C21H27N5O4. The molecule has 4 heterocycles. The van der Waals surface area contributed by atoms with E-state index in [-0.39, 0.29) is 11.3 Å². The van der Waals surface area contributed by atoms with E-state index in [2.05, 4.69) is 25.2 Å². The Morgan fingerprint density at radius 2 is 2.03 bits per heavy atom. The molecule has 2 saturated heterocycles. The van der Waals surface area contributed by atoms with Gasteiger partial charge in [-0.15, -0.1) is 0 Å². The third-order valence-corrected chi connectivity index (χ3v) is 6.25. The van der Waals surface area contributed by atoms with Crippen molar-refractivity contribution in [3.8, 4) is 0 Å². The van der Waals surface area contributed by atoms with Crippen LogP contribution in [-0.2, 0) is 11.3 Å². The fraction of sp³-hybridized carbons (Fsp3) is 0.524. The number of rotatable bonds is 4. The first kappa shape index (κ1) is 20.6. The first-order valence-electron chi connectivity index (χ1n) is 10.2. The Kier molecular flexibility index (Phi) is 5.68. The van der Waals surface area contributed by atoms with Crippen LogP contribution < -0.4 is 10.9 Å². The maximum Gasteiger partial charge on any atom is 0.268 e. The zero-order valence-corrected chi connectivity index (χ0v) is 17.0. The summed E-state index contributed by atoms with van der Waals surface area (Å²) in [6, 6.07) is 4.44. The Balaban J connectivity index is 1.43. The lowest BCUT2D eigenvalue weighted by Crippen LogP contribution is -2.69. The van der Waals surface area contributed by atoms with Crippen LogP contribution in [-0.4, -0.2) is 67.8 Å². The minimum absolute atomic E-state index is 0.177. The molecule has 2 aromatic rings. The Bertz CT molecular complexity index is 942. The molecule has 2 aliphatic heterocycles. The molecule has 0 unspecified atom stereocenters. The first-order valence-corrected chi connectivity index (χ1v) is 10.2. The number of ether oxygens (including phenoxy) is 1. The van der Waals surface area contributed by atoms with E-state index in [1.165, 1.54) is 18.5 Å². The number of hydrogen-bond acceptors (Lipinski definition) is 7. The Morgan fingerprint density at radius 1 is 1.30 bits per heavy atom. The molecule has 0 radical (unpaired) electrons. The summed E-state index contributed by atoms with van der Waals surface area (Å²) in [5.41, 5.74) is -0.664. The summed E-state index contributed by atoms with van der Waals surface area (Å²) in [5.74, 6) is -0.409. The summed E-state index contributed by atoms with van der Waals surface area (Å²) >= 11 is 0. The highest BCUT2D eigenvalue weighted by molar-refractivity contribution is 5.92. The molecule has 1 spiro atoms. The topological polar surface area (TPSA) is 120 Å². The number of H-pyrrole nitrogens is 1. The van der Waals surface area contributed by atoms with Gasteiger partial charge in [-0.2, -0.15) is 0 Å². The molecule has 0 saturated carbocycles. The van der Waals surface area contributed by atoms with Gasteiger partial charge in [-0.05, 0) is 32.3 Å². The van der Waals surface area contributed by atoms with Crippen LogP contribution in [0.2, 0.25) is 0 Å². The number of carbonyl (C=O) groups is 1. The molecule has 0 aliphatic carbocycles. The number of piperidine rings is 1. The number of amides is 1. The SMILES string of the molecule is C[C@@]1(NC(=O)c2cccc(=O)[nH]2)CCOC2(CCN(Cc3cncnc3)CC2)[C@H]1O. The number of nitrogens with one attached hydrogen (secondary N) is 2. The minimum atomic E-state index is -0.861. The van der Waals surface area contributed by atoms with Crippen molar-refractivity contribution in [2.75, 3.05) is 19.7 Å². The van der Waals surface area contributed by atoms with Gasteiger partial charge in [0.2, 0.25) is 5.56 Å². The number of aromatic nitrogens is 3. The normalized spacial score (nSPS) is 26.4. The second-order valence-electron chi connectivity index (χ2n) is 8.39. The van der Waals surface area contributed by atoms with Gasteiger partial charge in [0.15, 0.2) is 0 Å². The zero-order chi connectivity index (χ0) is 21.2. The number of nitrogens with zero attached hydrogens (tertiary/aromatic N) is 3. The van der Waals surface area contributed by atoms with Gasteiger partial charge < -0.3 is 20.1 Å². The van der Waals surface area contributed by atoms with Crippen molar-refractivity contribution in [3.63, 3.8) is 0 Å². The molecule has 4 rings (SSSR count). The first-order chi connectivity index (χ1) is 14.4. The molecule has 2 fully saturated rings. The predicted octanol–water partition coefficient (Wildman–Crippen LogP) is 0.469. The predicted molar refractivity (Wildman–Crippen MR) is 109 cm³/mol. The lowest BCUT2D eigenvalue weighted by Gasteiger charge is -2.53. The second-order valence-corrected chi connectivity index (χ2v) is 8.39. The van der Waals surface area contributed by atoms with Crippen LogP contribution in [0.1, 0.15) is 42.2 Å². The van der Waals surface area contributed by atoms with Crippen molar-refractivity contribution in [3.05, 3.63) is 58.5 Å². The van der Waals surface area contributed by atoms with Crippen LogP contribution in [0.4, 0.5) is 0 Å². The van der Waals surface area contributed by atoms with Crippen LogP contribution in [0.25, 0.3) is 0 Å². The highest BCUT2D eigenvalue weighted by Gasteiger charge is 2.53. The molecule has 3 N–H and O–H groups in total. The molecule has 1 amide bonds. The Hall–Kier alpha value is -2.62. The number of aliphatic hydroxyl groups is 1. The van der Waals surface area contributed by atoms with E-state index in [1.807, 2.05) is 19.3 Å². The largest absolute Gasteiger partial charge is 0.388 e. The maximum absolute atomic E-state index is 12.7. The summed E-state index contributed by atoms with van der Waals surface area (Å²) < 4.78 is 6.11. The quantitative estimate of drug-likeness (QED) is 0.666. The van der Waals surface area contributed by atoms with Crippen molar-refractivity contribution < 1.29 is 14.6 Å². The van der Waals surface area contributed by atoms with Crippen molar-refractivity contribution in [2.24, 2.45) is 0 Å². The molecule has 2 aromatic heterocycles. The summed E-state index contributed by atoms with van der Waals surface area (Å²) in [5, 5.41) is 14.2. The standard InChI is InChI=1S/C21H27N5O4/c1-20(25-18(28)16-3-2-4-17(27)24-16)7-10-30-21(19(20)29)5-8-26(9-6-21)13-15-11-22-14-23-12-15/h2-4,11-12,14,19,29H,5-10,13H2,1H3,(H,24,27)(H,25,28)/t19-,20+/m0/s1. The van der Waals surface area contributed by atoms with Gasteiger partial charge in [0.05, 0.1) is 11.1 Å². The van der Waals surface area contributed by atoms with Gasteiger partial charge in [-0.3, -0.25) is 14.5 Å². The van der Waals surface area contributed by atoms with E-state index in [9.17, 15) is 14.7 Å². The highest BCUT2D eigenvalue weighted by Crippen LogP contribution is 2.40. The number of pyridine rings is 1. The zero-order valence-electron chi connectivity index (χ0n) is 17.0. The molecule has 9 nitrogen and oxygen atoms in total. The molecule has 2 aliphatic rings. The third kappa shape index (κ3) is 4.14. The molecule has 30 heavy (non-hydrogen) atoms. The molecule has 0 aromatic carbocycles. The van der Waals surface area contributed by atoms with Crippen LogP contribution in [0, 0.1) is 0 Å². The van der Waals surface area contributed by atoms with E-state index in [0.29, 0.717) is 25.9 Å². The average Bonchev–Trinajstić information content (AvgIpc) is 2.74. The van der Waals surface area contributed by atoms with Gasteiger partial charge in [0.25, 0.3) is 5.91 Å². The minimum Gasteiger partial charge on any atom is -0.388 e. The molecule has 9 heteroatoms. The number of aliphatic hydroxyl groups excluding tert-OH is 1. The van der Waals surface area contributed by atoms with E-state index in [1.54, 1.807) is 6.07 Å². The van der Waals surface area contributed by atoms with E-state index >= 15 is 0 Å². The van der Waals surface area contributed by atoms with Gasteiger partial charge in [-0.1, -0.05) is 6.07 Å². The lowest BCUT2D eigenvalue weighted by atomic mass is 9.73. The average molecular weight is 413 g/mol. The smallest absolute Gasteiger partial charge is 0.268 e. The van der Waals surface area contributed by atoms with Gasteiger partial charge in [-0.25, -0.2) is 9.97 Å². The Morgan fingerprint density at radius 3 is 2.73 bits per heavy atom. The van der Waals surface area contributed by atoms with Gasteiger partial charge >= 0.3 is 0 Å². The summed E-state index contributed by atoms with van der Waals surface area (Å²) in [6.45, 7) is 4.58. The molecule has 0 bridgehead atoms. The number of aromatic amines is 1. The summed E-state index contributed by atoms with van der Waals surface area (Å²) in [7, 11) is 0. The molecular weight excluding hydrogens is 386 g/mol. The lowest BCUT2D eigenvalue weighted by molar-refractivity contribution is -0.205. The monoisotopic (exact) mass is 413 g/mol. The van der Waals surface area contributed by atoms with E-state index in [4.69, 9.17) is 4.74 Å². The van der Waals surface area contributed by atoms with Crippen LogP contribution in [0.3, 0.4) is 0 Å². The van der Waals surface area contributed by atoms with E-state index < -0.39 is 23.2 Å². The molecule has 160 valence electrons. The fourth-order valence-electron chi connectivity index (χ4n) is 4.48. The van der Waals surface area contributed by atoms with E-state index in [0.717, 1.165) is 25.2 Å². The number of hydrogen-bond donors (Lipinski definition) is 3. The highest BCUT2D eigenvalue weighted by atomic mass is 16.5. The summed E-state index contributed by atoms with van der Waals surface area (Å²) in [6.07, 6.45) is 6.09. The second kappa shape index (κ2) is 8.25. The Labute approximate surface area is 174 Å². The fourth-order valence-corrected chi connectivity index (χ4v) is 4.48. The van der Waals surface area contributed by atoms with Crippen molar-refractivity contribution in [1.82, 2.24) is 25.2 Å². The van der Waals surface area contributed by atoms with Gasteiger partial charge in [0.1, 0.15) is 18.1 Å². The van der Waals surface area contributed by atoms with Gasteiger partial charge in [0, 0.05) is 50.3 Å².